The van der Waals surface area contributed by atoms with Crippen LogP contribution in [-0.4, -0.2) is 48.9 Å². The van der Waals surface area contributed by atoms with Gasteiger partial charge in [0.15, 0.2) is 0 Å². The number of benzene rings is 1. The molecule has 2 amide bonds. The van der Waals surface area contributed by atoms with Gasteiger partial charge in [0.2, 0.25) is 0 Å². The molecule has 0 saturated carbocycles. The molecule has 0 unspecified atom stereocenters. The van der Waals surface area contributed by atoms with Gasteiger partial charge in [-0.15, -0.1) is 0 Å². The largest absolute Gasteiger partial charge is 0.416 e. The molecule has 6 nitrogen and oxygen atoms in total. The molecule has 1 heterocycles. The summed E-state index contributed by atoms with van der Waals surface area (Å²) in [5, 5.41) is 5.11. The van der Waals surface area contributed by atoms with Crippen LogP contribution in [0.2, 0.25) is 0 Å². The Bertz CT molecular complexity index is 838. The van der Waals surface area contributed by atoms with Gasteiger partial charge in [0, 0.05) is 24.0 Å². The first-order valence-corrected chi connectivity index (χ1v) is 8.54. The molecule has 0 aliphatic carbocycles. The fourth-order valence-electron chi connectivity index (χ4n) is 2.36. The SMILES string of the molecule is CN(C)CCCNC(=O)c1cc(C(=O)Nc2cccc(C(F)(F)F)c2)ccn1. The van der Waals surface area contributed by atoms with Gasteiger partial charge in [-0.3, -0.25) is 14.6 Å². The third-order valence-corrected chi connectivity index (χ3v) is 3.77. The third kappa shape index (κ3) is 6.34. The van der Waals surface area contributed by atoms with Crippen LogP contribution in [0.5, 0.6) is 0 Å². The summed E-state index contributed by atoms with van der Waals surface area (Å²) >= 11 is 0. The van der Waals surface area contributed by atoms with Crippen molar-refractivity contribution in [1.82, 2.24) is 15.2 Å². The maximum atomic E-state index is 12.8. The Morgan fingerprint density at radius 1 is 1.11 bits per heavy atom. The summed E-state index contributed by atoms with van der Waals surface area (Å²) < 4.78 is 38.3. The van der Waals surface area contributed by atoms with Crippen molar-refractivity contribution in [2.75, 3.05) is 32.5 Å². The Kier molecular flexibility index (Phi) is 7.11. The average molecular weight is 394 g/mol. The molecule has 0 bridgehead atoms. The van der Waals surface area contributed by atoms with Crippen LogP contribution in [0.3, 0.4) is 0 Å². The van der Waals surface area contributed by atoms with Crippen LogP contribution in [0.4, 0.5) is 18.9 Å². The van der Waals surface area contributed by atoms with Crippen molar-refractivity contribution in [1.29, 1.82) is 0 Å². The highest BCUT2D eigenvalue weighted by Gasteiger charge is 2.30. The standard InChI is InChI=1S/C19H21F3N4O2/c1-26(2)10-4-8-24-18(28)16-11-13(7-9-23-16)17(27)25-15-6-3-5-14(12-15)19(20,21)22/h3,5-7,9,11-12H,4,8,10H2,1-2H3,(H,24,28)(H,25,27). The maximum absolute atomic E-state index is 12.8. The second-order valence-electron chi connectivity index (χ2n) is 6.38. The van der Waals surface area contributed by atoms with Gasteiger partial charge in [-0.25, -0.2) is 0 Å². The summed E-state index contributed by atoms with van der Waals surface area (Å²) in [5.41, 5.74) is -0.684. The van der Waals surface area contributed by atoms with E-state index >= 15 is 0 Å². The van der Waals surface area contributed by atoms with Gasteiger partial charge in [-0.1, -0.05) is 6.07 Å². The number of amides is 2. The molecule has 0 aliphatic heterocycles. The number of nitrogens with one attached hydrogen (secondary N) is 2. The van der Waals surface area contributed by atoms with Gasteiger partial charge < -0.3 is 15.5 Å². The molecule has 0 radical (unpaired) electrons. The van der Waals surface area contributed by atoms with Crippen molar-refractivity contribution in [2.24, 2.45) is 0 Å². The van der Waals surface area contributed by atoms with Crippen molar-refractivity contribution in [3.63, 3.8) is 0 Å². The number of rotatable bonds is 7. The Labute approximate surface area is 160 Å². The molecule has 28 heavy (non-hydrogen) atoms. The molecule has 0 spiro atoms. The van der Waals surface area contributed by atoms with Crippen LogP contribution in [0, 0.1) is 0 Å². The molecule has 2 aromatic rings. The van der Waals surface area contributed by atoms with Crippen LogP contribution in [0.1, 0.15) is 32.8 Å². The molecule has 0 fully saturated rings. The van der Waals surface area contributed by atoms with Crippen LogP contribution < -0.4 is 10.6 Å². The normalized spacial score (nSPS) is 11.4. The van der Waals surface area contributed by atoms with E-state index in [0.717, 1.165) is 25.1 Å². The van der Waals surface area contributed by atoms with E-state index < -0.39 is 23.6 Å². The number of anilines is 1. The second kappa shape index (κ2) is 9.32. The minimum atomic E-state index is -4.50. The minimum absolute atomic E-state index is 0.00586. The van der Waals surface area contributed by atoms with Crippen LogP contribution in [0.25, 0.3) is 0 Å². The van der Waals surface area contributed by atoms with Gasteiger partial charge in [0.1, 0.15) is 5.69 Å². The number of halogens is 3. The fourth-order valence-corrected chi connectivity index (χ4v) is 2.36. The highest BCUT2D eigenvalue weighted by molar-refractivity contribution is 6.05. The summed E-state index contributed by atoms with van der Waals surface area (Å²) in [6, 6.07) is 7.00. The second-order valence-corrected chi connectivity index (χ2v) is 6.38. The first kappa shape index (κ1) is 21.4. The van der Waals surface area contributed by atoms with E-state index in [2.05, 4.69) is 15.6 Å². The monoisotopic (exact) mass is 394 g/mol. The Morgan fingerprint density at radius 3 is 2.54 bits per heavy atom. The molecule has 2 rings (SSSR count). The zero-order chi connectivity index (χ0) is 20.7. The smallest absolute Gasteiger partial charge is 0.351 e. The summed E-state index contributed by atoms with van der Waals surface area (Å²) in [6.45, 7) is 1.27. The number of hydrogen-bond donors (Lipinski definition) is 2. The van der Waals surface area contributed by atoms with Crippen LogP contribution in [-0.2, 0) is 6.18 Å². The molecule has 9 heteroatoms. The topological polar surface area (TPSA) is 74.3 Å². The fraction of sp³-hybridized carbons (Fsp3) is 0.316. The van der Waals surface area contributed by atoms with Crippen LogP contribution >= 0.6 is 0 Å². The zero-order valence-electron chi connectivity index (χ0n) is 15.5. The predicted octanol–water partition coefficient (Wildman–Crippen LogP) is 3.03. The van der Waals surface area contributed by atoms with E-state index in [1.807, 2.05) is 19.0 Å². The summed E-state index contributed by atoms with van der Waals surface area (Å²) in [7, 11) is 3.85. The number of carbonyl (C=O) groups is 2. The molecular weight excluding hydrogens is 373 g/mol. The van der Waals surface area contributed by atoms with Crippen molar-refractivity contribution in [3.05, 3.63) is 59.4 Å². The van der Waals surface area contributed by atoms with E-state index in [9.17, 15) is 22.8 Å². The summed E-state index contributed by atoms with van der Waals surface area (Å²) in [6.07, 6.45) is -2.44. The lowest BCUT2D eigenvalue weighted by Crippen LogP contribution is -2.28. The summed E-state index contributed by atoms with van der Waals surface area (Å²) in [5.74, 6) is -1.06. The van der Waals surface area contributed by atoms with Gasteiger partial charge in [0.05, 0.1) is 5.56 Å². The number of hydrogen-bond acceptors (Lipinski definition) is 4. The van der Waals surface area contributed by atoms with Crippen molar-refractivity contribution < 1.29 is 22.8 Å². The van der Waals surface area contributed by atoms with Crippen LogP contribution in [0.15, 0.2) is 42.6 Å². The van der Waals surface area contributed by atoms with Gasteiger partial charge >= 0.3 is 6.18 Å². The van der Waals surface area contributed by atoms with Gasteiger partial charge in [0.25, 0.3) is 11.8 Å². The third-order valence-electron chi connectivity index (χ3n) is 3.77. The molecule has 0 atom stereocenters. The Morgan fingerprint density at radius 2 is 1.86 bits per heavy atom. The molecule has 0 saturated heterocycles. The van der Waals surface area contributed by atoms with Crippen molar-refractivity contribution >= 4 is 17.5 Å². The minimum Gasteiger partial charge on any atom is -0.351 e. The molecule has 2 N–H and O–H groups in total. The lowest BCUT2D eigenvalue weighted by atomic mass is 10.1. The summed E-state index contributed by atoms with van der Waals surface area (Å²) in [4.78, 5) is 30.4. The van der Waals surface area contributed by atoms with Gasteiger partial charge in [-0.05, 0) is 57.4 Å². The molecule has 1 aromatic carbocycles. The molecule has 150 valence electrons. The number of alkyl halides is 3. The van der Waals surface area contributed by atoms with E-state index in [4.69, 9.17) is 0 Å². The molecule has 1 aromatic heterocycles. The van der Waals surface area contributed by atoms with E-state index in [-0.39, 0.29) is 16.9 Å². The highest BCUT2D eigenvalue weighted by atomic mass is 19.4. The molecule has 0 aliphatic rings. The first-order chi connectivity index (χ1) is 13.2. The van der Waals surface area contributed by atoms with E-state index in [1.165, 1.54) is 30.5 Å². The lowest BCUT2D eigenvalue weighted by molar-refractivity contribution is -0.137. The lowest BCUT2D eigenvalue weighted by Gasteiger charge is -2.11. The molecular formula is C19H21F3N4O2. The highest BCUT2D eigenvalue weighted by Crippen LogP contribution is 2.30. The van der Waals surface area contributed by atoms with E-state index in [1.54, 1.807) is 0 Å². The van der Waals surface area contributed by atoms with Gasteiger partial charge in [-0.2, -0.15) is 13.2 Å². The quantitative estimate of drug-likeness (QED) is 0.708. The average Bonchev–Trinajstić information content (AvgIpc) is 2.64. The predicted molar refractivity (Wildman–Crippen MR) is 99.1 cm³/mol. The Balaban J connectivity index is 2.03. The Hall–Kier alpha value is -2.94. The number of aromatic nitrogens is 1. The number of nitrogens with zero attached hydrogens (tertiary/aromatic N) is 2. The maximum Gasteiger partial charge on any atom is 0.416 e. The first-order valence-electron chi connectivity index (χ1n) is 8.54. The van der Waals surface area contributed by atoms with Crippen molar-refractivity contribution in [2.45, 2.75) is 12.6 Å². The number of carbonyl (C=O) groups excluding carboxylic acids is 2. The van der Waals surface area contributed by atoms with Crippen molar-refractivity contribution in [3.8, 4) is 0 Å². The van der Waals surface area contributed by atoms with E-state index in [0.29, 0.717) is 6.54 Å². The number of pyridine rings is 1. The zero-order valence-corrected chi connectivity index (χ0v) is 15.5.